The molecule has 0 aliphatic carbocycles. The van der Waals surface area contributed by atoms with Crippen LogP contribution in [0.4, 0.5) is 34.1 Å². The molecule has 8 rings (SSSR count). The zero-order chi connectivity index (χ0) is 28.8. The van der Waals surface area contributed by atoms with Crippen LogP contribution in [-0.4, -0.2) is 0 Å². The molecule has 0 aromatic heterocycles. The first kappa shape index (κ1) is 25.0. The van der Waals surface area contributed by atoms with E-state index >= 15 is 0 Å². The highest BCUT2D eigenvalue weighted by atomic mass is 15.1. The van der Waals surface area contributed by atoms with Gasteiger partial charge in [0.15, 0.2) is 0 Å². The van der Waals surface area contributed by atoms with Crippen molar-refractivity contribution in [3.05, 3.63) is 158 Å². The molecule has 43 heavy (non-hydrogen) atoms. The predicted octanol–water partition coefficient (Wildman–Crippen LogP) is 11.1. The Kier molecular flexibility index (Phi) is 5.94. The van der Waals surface area contributed by atoms with Crippen LogP contribution in [0.2, 0.25) is 0 Å². The van der Waals surface area contributed by atoms with Gasteiger partial charge in [0.1, 0.15) is 0 Å². The molecular formula is C40H29N3. The maximum absolute atomic E-state index is 5.89. The minimum atomic E-state index is 0.752. The average molecular weight is 552 g/mol. The van der Waals surface area contributed by atoms with E-state index in [4.69, 9.17) is 5.73 Å². The lowest BCUT2D eigenvalue weighted by Crippen LogP contribution is -2.11. The van der Waals surface area contributed by atoms with E-state index in [-0.39, 0.29) is 0 Å². The van der Waals surface area contributed by atoms with Gasteiger partial charge < -0.3 is 16.0 Å². The van der Waals surface area contributed by atoms with Crippen LogP contribution >= 0.6 is 0 Å². The number of hydrogen-bond acceptors (Lipinski definition) is 3. The molecule has 0 bridgehead atoms. The van der Waals surface area contributed by atoms with E-state index in [1.807, 2.05) is 24.3 Å². The van der Waals surface area contributed by atoms with Crippen LogP contribution in [0.15, 0.2) is 158 Å². The summed E-state index contributed by atoms with van der Waals surface area (Å²) in [5.41, 5.74) is 12.0. The third kappa shape index (κ3) is 4.58. The van der Waals surface area contributed by atoms with Gasteiger partial charge in [0.05, 0.1) is 5.69 Å². The van der Waals surface area contributed by atoms with E-state index < -0.39 is 0 Å². The van der Waals surface area contributed by atoms with E-state index in [1.54, 1.807) is 0 Å². The Bertz CT molecular complexity index is 2210. The van der Waals surface area contributed by atoms with Crippen LogP contribution in [0.3, 0.4) is 0 Å². The molecule has 0 saturated heterocycles. The first-order valence-electron chi connectivity index (χ1n) is 14.6. The van der Waals surface area contributed by atoms with Gasteiger partial charge in [0, 0.05) is 39.2 Å². The summed E-state index contributed by atoms with van der Waals surface area (Å²) in [7, 11) is 0. The number of anilines is 6. The monoisotopic (exact) mass is 551 g/mol. The second-order valence-electron chi connectivity index (χ2n) is 11.0. The number of nitrogens with one attached hydrogen (secondary N) is 1. The van der Waals surface area contributed by atoms with Crippen LogP contribution in [0.25, 0.3) is 43.1 Å². The smallest absolute Gasteiger partial charge is 0.0618 e. The average Bonchev–Trinajstić information content (AvgIpc) is 3.05. The second kappa shape index (κ2) is 10.2. The third-order valence-corrected chi connectivity index (χ3v) is 8.24. The van der Waals surface area contributed by atoms with Crippen molar-refractivity contribution in [2.24, 2.45) is 0 Å². The highest BCUT2D eigenvalue weighted by Gasteiger charge is 2.19. The molecule has 0 spiro atoms. The number of rotatable bonds is 5. The number of fused-ring (bicyclic) bond motifs is 4. The van der Waals surface area contributed by atoms with Crippen molar-refractivity contribution in [2.45, 2.75) is 0 Å². The molecule has 0 aliphatic rings. The zero-order valence-corrected chi connectivity index (χ0v) is 23.5. The molecule has 0 radical (unpaired) electrons. The molecule has 0 heterocycles. The van der Waals surface area contributed by atoms with Crippen LogP contribution in [-0.2, 0) is 0 Å². The van der Waals surface area contributed by atoms with Crippen molar-refractivity contribution in [3.8, 4) is 0 Å². The quantitative estimate of drug-likeness (QED) is 0.165. The van der Waals surface area contributed by atoms with Crippen molar-refractivity contribution in [1.82, 2.24) is 0 Å². The Morgan fingerprint density at radius 2 is 0.860 bits per heavy atom. The molecule has 0 fully saturated rings. The van der Waals surface area contributed by atoms with Gasteiger partial charge >= 0.3 is 0 Å². The minimum absolute atomic E-state index is 0.752. The molecule has 3 N–H and O–H groups in total. The van der Waals surface area contributed by atoms with Crippen LogP contribution in [0.1, 0.15) is 0 Å². The number of hydrogen-bond donors (Lipinski definition) is 2. The van der Waals surface area contributed by atoms with Gasteiger partial charge in [-0.3, -0.25) is 0 Å². The lowest BCUT2D eigenvalue weighted by Gasteiger charge is -2.29. The molecule has 204 valence electrons. The standard InChI is InChI=1S/C40H29N3/c41-33-14-16-34(17-15-33)42-35-18-21-36(22-19-35)43(37-20-13-29-23-27-7-1-2-8-28(27)24-32(29)26-37)40-38-11-5-3-9-30(38)25-31-10-4-6-12-39(31)40/h1-26,42H,41H2. The van der Waals surface area contributed by atoms with Crippen LogP contribution in [0, 0.1) is 0 Å². The van der Waals surface area contributed by atoms with Crippen LogP contribution < -0.4 is 16.0 Å². The van der Waals surface area contributed by atoms with E-state index in [9.17, 15) is 0 Å². The Morgan fingerprint density at radius 1 is 0.395 bits per heavy atom. The van der Waals surface area contributed by atoms with Crippen molar-refractivity contribution in [1.29, 1.82) is 0 Å². The normalized spacial score (nSPS) is 11.3. The molecule has 0 atom stereocenters. The van der Waals surface area contributed by atoms with Crippen molar-refractivity contribution in [2.75, 3.05) is 16.0 Å². The maximum atomic E-state index is 5.89. The van der Waals surface area contributed by atoms with Gasteiger partial charge in [-0.05, 0) is 111 Å². The molecular weight excluding hydrogens is 522 g/mol. The van der Waals surface area contributed by atoms with Gasteiger partial charge in [0.25, 0.3) is 0 Å². The number of nitrogens with two attached hydrogens (primary N) is 1. The van der Waals surface area contributed by atoms with Gasteiger partial charge in [-0.2, -0.15) is 0 Å². The first-order chi connectivity index (χ1) is 21.2. The zero-order valence-electron chi connectivity index (χ0n) is 23.5. The first-order valence-corrected chi connectivity index (χ1v) is 14.6. The largest absolute Gasteiger partial charge is 0.399 e. The lowest BCUT2D eigenvalue weighted by atomic mass is 9.98. The molecule has 0 amide bonds. The summed E-state index contributed by atoms with van der Waals surface area (Å²) in [5.74, 6) is 0. The minimum Gasteiger partial charge on any atom is -0.399 e. The topological polar surface area (TPSA) is 41.3 Å². The third-order valence-electron chi connectivity index (χ3n) is 8.24. The van der Waals surface area contributed by atoms with E-state index in [0.29, 0.717) is 0 Å². The summed E-state index contributed by atoms with van der Waals surface area (Å²) in [6, 6.07) is 56.1. The fourth-order valence-electron chi connectivity index (χ4n) is 6.13. The van der Waals surface area contributed by atoms with Crippen molar-refractivity contribution < 1.29 is 0 Å². The van der Waals surface area contributed by atoms with Crippen LogP contribution in [0.5, 0.6) is 0 Å². The summed E-state index contributed by atoms with van der Waals surface area (Å²) in [4.78, 5) is 2.41. The summed E-state index contributed by atoms with van der Waals surface area (Å²) in [5, 5.41) is 13.3. The number of nitrogen functional groups attached to an aromatic ring is 1. The summed E-state index contributed by atoms with van der Waals surface area (Å²) < 4.78 is 0. The van der Waals surface area contributed by atoms with E-state index in [1.165, 1.54) is 48.8 Å². The highest BCUT2D eigenvalue weighted by molar-refractivity contribution is 6.14. The molecule has 0 unspecified atom stereocenters. The fraction of sp³-hybridized carbons (Fsp3) is 0. The Labute approximate surface area is 250 Å². The molecule has 8 aromatic rings. The van der Waals surface area contributed by atoms with E-state index in [0.717, 1.165) is 28.4 Å². The molecule has 0 aliphatic heterocycles. The molecule has 0 saturated carbocycles. The molecule has 3 nitrogen and oxygen atoms in total. The SMILES string of the molecule is Nc1ccc(Nc2ccc(N(c3ccc4cc5ccccc5cc4c3)c3c4ccccc4cc4ccccc34)cc2)cc1. The summed E-state index contributed by atoms with van der Waals surface area (Å²) in [6.07, 6.45) is 0. The van der Waals surface area contributed by atoms with Gasteiger partial charge in [-0.1, -0.05) is 78.9 Å². The number of nitrogens with zero attached hydrogens (tertiary/aromatic N) is 1. The maximum Gasteiger partial charge on any atom is 0.0618 e. The van der Waals surface area contributed by atoms with Gasteiger partial charge in [0.2, 0.25) is 0 Å². The van der Waals surface area contributed by atoms with E-state index in [2.05, 4.69) is 144 Å². The van der Waals surface area contributed by atoms with Gasteiger partial charge in [-0.25, -0.2) is 0 Å². The number of benzene rings is 8. The Morgan fingerprint density at radius 3 is 1.49 bits per heavy atom. The molecule has 3 heteroatoms. The Balaban J connectivity index is 1.34. The Hall–Kier alpha value is -5.80. The fourth-order valence-corrected chi connectivity index (χ4v) is 6.13. The lowest BCUT2D eigenvalue weighted by molar-refractivity contribution is 1.31. The van der Waals surface area contributed by atoms with Crippen molar-refractivity contribution >= 4 is 77.2 Å². The second-order valence-corrected chi connectivity index (χ2v) is 11.0. The summed E-state index contributed by atoms with van der Waals surface area (Å²) >= 11 is 0. The molecule has 8 aromatic carbocycles. The van der Waals surface area contributed by atoms with Gasteiger partial charge in [-0.15, -0.1) is 0 Å². The predicted molar refractivity (Wildman–Crippen MR) is 185 cm³/mol. The van der Waals surface area contributed by atoms with Crippen molar-refractivity contribution in [3.63, 3.8) is 0 Å². The highest BCUT2D eigenvalue weighted by Crippen LogP contribution is 2.44. The summed E-state index contributed by atoms with van der Waals surface area (Å²) in [6.45, 7) is 0.